The van der Waals surface area contributed by atoms with Gasteiger partial charge in [0.05, 0.1) is 10.0 Å². The molecule has 0 bridgehead atoms. The van der Waals surface area contributed by atoms with Crippen molar-refractivity contribution in [3.8, 4) is 0 Å². The van der Waals surface area contributed by atoms with E-state index in [1.807, 2.05) is 18.2 Å². The van der Waals surface area contributed by atoms with E-state index in [1.54, 1.807) is 11.3 Å². The lowest BCUT2D eigenvalue weighted by Gasteiger charge is -2.16. The lowest BCUT2D eigenvalue weighted by atomic mass is 10.1. The standard InChI is InChI=1S/C14H15Cl2NS/c1-10(12-3-2-4-13(15)14(12)16)17-7-5-11-6-8-18-9-11/h2-4,6,8-10,17H,5,7H2,1H3. The van der Waals surface area contributed by atoms with Crippen molar-refractivity contribution in [2.45, 2.75) is 19.4 Å². The van der Waals surface area contributed by atoms with Crippen LogP contribution in [-0.2, 0) is 6.42 Å². The Morgan fingerprint density at radius 1 is 1.28 bits per heavy atom. The molecular formula is C14H15Cl2NS. The summed E-state index contributed by atoms with van der Waals surface area (Å²) >= 11 is 13.9. The Labute approximate surface area is 122 Å². The van der Waals surface area contributed by atoms with E-state index in [-0.39, 0.29) is 6.04 Å². The second-order valence-electron chi connectivity index (χ2n) is 4.20. The van der Waals surface area contributed by atoms with Crippen molar-refractivity contribution in [1.29, 1.82) is 0 Å². The van der Waals surface area contributed by atoms with E-state index < -0.39 is 0 Å². The van der Waals surface area contributed by atoms with Crippen molar-refractivity contribution in [2.75, 3.05) is 6.54 Å². The molecule has 0 amide bonds. The molecule has 2 aromatic rings. The van der Waals surface area contributed by atoms with Crippen LogP contribution in [0.3, 0.4) is 0 Å². The SMILES string of the molecule is CC(NCCc1ccsc1)c1cccc(Cl)c1Cl. The average molecular weight is 300 g/mol. The van der Waals surface area contributed by atoms with E-state index in [9.17, 15) is 0 Å². The van der Waals surface area contributed by atoms with E-state index in [0.717, 1.165) is 18.5 Å². The molecule has 96 valence electrons. The van der Waals surface area contributed by atoms with Gasteiger partial charge in [0.2, 0.25) is 0 Å². The van der Waals surface area contributed by atoms with Crippen LogP contribution in [0, 0.1) is 0 Å². The summed E-state index contributed by atoms with van der Waals surface area (Å²) in [5.74, 6) is 0. The Kier molecular flexibility index (Phi) is 5.07. The molecule has 4 heteroatoms. The van der Waals surface area contributed by atoms with Crippen LogP contribution in [0.25, 0.3) is 0 Å². The molecule has 0 aliphatic carbocycles. The maximum Gasteiger partial charge on any atom is 0.0639 e. The molecule has 0 aliphatic rings. The molecule has 0 spiro atoms. The van der Waals surface area contributed by atoms with Crippen LogP contribution in [0.15, 0.2) is 35.0 Å². The molecule has 0 fully saturated rings. The monoisotopic (exact) mass is 299 g/mol. The number of halogens is 2. The van der Waals surface area contributed by atoms with Crippen LogP contribution >= 0.6 is 34.5 Å². The van der Waals surface area contributed by atoms with Crippen LogP contribution in [0.1, 0.15) is 24.1 Å². The zero-order valence-corrected chi connectivity index (χ0v) is 12.4. The summed E-state index contributed by atoms with van der Waals surface area (Å²) in [5.41, 5.74) is 2.42. The van der Waals surface area contributed by atoms with Crippen molar-refractivity contribution in [3.63, 3.8) is 0 Å². The summed E-state index contributed by atoms with van der Waals surface area (Å²) < 4.78 is 0. The summed E-state index contributed by atoms with van der Waals surface area (Å²) in [4.78, 5) is 0. The third-order valence-electron chi connectivity index (χ3n) is 2.89. The van der Waals surface area contributed by atoms with E-state index in [2.05, 4.69) is 29.1 Å². The molecule has 0 saturated carbocycles. The summed E-state index contributed by atoms with van der Waals surface area (Å²) in [6, 6.07) is 8.11. The molecule has 1 unspecified atom stereocenters. The number of hydrogen-bond acceptors (Lipinski definition) is 2. The molecule has 1 aromatic carbocycles. The van der Waals surface area contributed by atoms with Crippen molar-refractivity contribution < 1.29 is 0 Å². The lowest BCUT2D eigenvalue weighted by Crippen LogP contribution is -2.21. The predicted molar refractivity (Wildman–Crippen MR) is 80.9 cm³/mol. The molecule has 1 aromatic heterocycles. The van der Waals surface area contributed by atoms with Gasteiger partial charge in [-0.3, -0.25) is 0 Å². The molecule has 1 nitrogen and oxygen atoms in total. The molecule has 0 aliphatic heterocycles. The minimum Gasteiger partial charge on any atom is -0.310 e. The summed E-state index contributed by atoms with van der Waals surface area (Å²) in [6.45, 7) is 3.03. The van der Waals surface area contributed by atoms with Crippen molar-refractivity contribution in [1.82, 2.24) is 5.32 Å². The van der Waals surface area contributed by atoms with E-state index in [1.165, 1.54) is 5.56 Å². The van der Waals surface area contributed by atoms with Crippen LogP contribution in [-0.4, -0.2) is 6.54 Å². The predicted octanol–water partition coefficient (Wildman–Crippen LogP) is 4.95. The third kappa shape index (κ3) is 3.48. The zero-order valence-electron chi connectivity index (χ0n) is 10.1. The zero-order chi connectivity index (χ0) is 13.0. The highest BCUT2D eigenvalue weighted by Gasteiger charge is 2.10. The van der Waals surface area contributed by atoms with Gasteiger partial charge in [0.25, 0.3) is 0 Å². The number of benzene rings is 1. The van der Waals surface area contributed by atoms with Gasteiger partial charge in [0.15, 0.2) is 0 Å². The highest BCUT2D eigenvalue weighted by Crippen LogP contribution is 2.29. The quantitative estimate of drug-likeness (QED) is 0.824. The second kappa shape index (κ2) is 6.58. The van der Waals surface area contributed by atoms with Gasteiger partial charge in [-0.05, 0) is 53.9 Å². The van der Waals surface area contributed by atoms with Crippen LogP contribution in [0.2, 0.25) is 10.0 Å². The number of hydrogen-bond donors (Lipinski definition) is 1. The minimum absolute atomic E-state index is 0.204. The Morgan fingerprint density at radius 2 is 2.11 bits per heavy atom. The topological polar surface area (TPSA) is 12.0 Å². The summed E-state index contributed by atoms with van der Waals surface area (Å²) in [5, 5.41) is 9.01. The maximum atomic E-state index is 6.20. The van der Waals surface area contributed by atoms with Crippen LogP contribution in [0.5, 0.6) is 0 Å². The average Bonchev–Trinajstić information content (AvgIpc) is 2.85. The van der Waals surface area contributed by atoms with E-state index in [4.69, 9.17) is 23.2 Å². The molecule has 0 radical (unpaired) electrons. The van der Waals surface area contributed by atoms with Crippen molar-refractivity contribution >= 4 is 34.5 Å². The Bertz CT molecular complexity index is 497. The van der Waals surface area contributed by atoms with Gasteiger partial charge in [-0.25, -0.2) is 0 Å². The first-order valence-corrected chi connectivity index (χ1v) is 7.56. The largest absolute Gasteiger partial charge is 0.310 e. The van der Waals surface area contributed by atoms with Gasteiger partial charge in [0, 0.05) is 6.04 Å². The van der Waals surface area contributed by atoms with Gasteiger partial charge in [-0.2, -0.15) is 11.3 Å². The normalized spacial score (nSPS) is 12.6. The van der Waals surface area contributed by atoms with Gasteiger partial charge >= 0.3 is 0 Å². The number of rotatable bonds is 5. The van der Waals surface area contributed by atoms with Crippen molar-refractivity contribution in [2.24, 2.45) is 0 Å². The van der Waals surface area contributed by atoms with Gasteiger partial charge in [0.1, 0.15) is 0 Å². The number of nitrogens with one attached hydrogen (secondary N) is 1. The summed E-state index contributed by atoms with van der Waals surface area (Å²) in [6.07, 6.45) is 1.03. The molecule has 1 N–H and O–H groups in total. The maximum absolute atomic E-state index is 6.20. The smallest absolute Gasteiger partial charge is 0.0639 e. The first-order valence-electron chi connectivity index (χ1n) is 5.87. The fraction of sp³-hybridized carbons (Fsp3) is 0.286. The third-order valence-corrected chi connectivity index (χ3v) is 4.46. The van der Waals surface area contributed by atoms with Gasteiger partial charge in [-0.15, -0.1) is 0 Å². The van der Waals surface area contributed by atoms with Gasteiger partial charge < -0.3 is 5.32 Å². The van der Waals surface area contributed by atoms with Crippen LogP contribution < -0.4 is 5.32 Å². The molecule has 1 atom stereocenters. The van der Waals surface area contributed by atoms with Gasteiger partial charge in [-0.1, -0.05) is 35.3 Å². The highest BCUT2D eigenvalue weighted by atomic mass is 35.5. The Morgan fingerprint density at radius 3 is 2.83 bits per heavy atom. The second-order valence-corrected chi connectivity index (χ2v) is 5.77. The first-order chi connectivity index (χ1) is 8.68. The fourth-order valence-corrected chi connectivity index (χ4v) is 3.01. The Hall–Kier alpha value is -0.540. The molecule has 2 rings (SSSR count). The highest BCUT2D eigenvalue weighted by molar-refractivity contribution is 7.07. The van der Waals surface area contributed by atoms with Crippen molar-refractivity contribution in [3.05, 3.63) is 56.2 Å². The number of thiophene rings is 1. The molecule has 18 heavy (non-hydrogen) atoms. The molecule has 0 saturated heterocycles. The Balaban J connectivity index is 1.91. The minimum atomic E-state index is 0.204. The fourth-order valence-electron chi connectivity index (χ4n) is 1.83. The molecule has 1 heterocycles. The van der Waals surface area contributed by atoms with E-state index in [0.29, 0.717) is 10.0 Å². The van der Waals surface area contributed by atoms with Crippen LogP contribution in [0.4, 0.5) is 0 Å². The van der Waals surface area contributed by atoms with E-state index >= 15 is 0 Å². The first kappa shape index (κ1) is 13.9. The lowest BCUT2D eigenvalue weighted by molar-refractivity contribution is 0.577. The molecular weight excluding hydrogens is 285 g/mol. The summed E-state index contributed by atoms with van der Waals surface area (Å²) in [7, 11) is 0.